The molecule has 0 aromatic carbocycles. The summed E-state index contributed by atoms with van der Waals surface area (Å²) in [4.78, 5) is 0. The van der Waals surface area contributed by atoms with Gasteiger partial charge < -0.3 is 39.7 Å². The van der Waals surface area contributed by atoms with E-state index in [1.165, 1.54) is 6.92 Å². The summed E-state index contributed by atoms with van der Waals surface area (Å²) in [5.41, 5.74) is 0. The molecule has 2 saturated heterocycles. The molecule has 8 heteroatoms. The van der Waals surface area contributed by atoms with Gasteiger partial charge >= 0.3 is 0 Å². The van der Waals surface area contributed by atoms with E-state index in [4.69, 9.17) is 14.2 Å². The lowest BCUT2D eigenvalue weighted by atomic mass is 9.98. The number of hydrogen-bond acceptors (Lipinski definition) is 8. The number of aliphatic hydroxyl groups excluding tert-OH is 5. The zero-order valence-corrected chi connectivity index (χ0v) is 11.2. The van der Waals surface area contributed by atoms with Crippen molar-refractivity contribution in [1.29, 1.82) is 0 Å². The second kappa shape index (κ2) is 6.20. The van der Waals surface area contributed by atoms with Crippen molar-refractivity contribution >= 4 is 0 Å². The molecule has 2 fully saturated rings. The van der Waals surface area contributed by atoms with Crippen LogP contribution in [0.15, 0.2) is 0 Å². The van der Waals surface area contributed by atoms with Crippen molar-refractivity contribution < 1.29 is 39.7 Å². The summed E-state index contributed by atoms with van der Waals surface area (Å²) < 4.78 is 15.8. The average Bonchev–Trinajstić information content (AvgIpc) is 2.42. The van der Waals surface area contributed by atoms with E-state index in [2.05, 4.69) is 0 Å². The Morgan fingerprint density at radius 3 is 2.15 bits per heavy atom. The Morgan fingerprint density at radius 1 is 0.850 bits per heavy atom. The molecule has 5 N–H and O–H groups in total. The first-order chi connectivity index (χ1) is 9.32. The van der Waals surface area contributed by atoms with Crippen LogP contribution in [0.1, 0.15) is 13.8 Å². The van der Waals surface area contributed by atoms with Crippen LogP contribution in [0.4, 0.5) is 0 Å². The lowest BCUT2D eigenvalue weighted by Gasteiger charge is -2.43. The van der Waals surface area contributed by atoms with Gasteiger partial charge in [-0.3, -0.25) is 0 Å². The van der Waals surface area contributed by atoms with Crippen LogP contribution in [-0.2, 0) is 14.2 Å². The monoisotopic (exact) mass is 293 g/mol. The molecule has 8 nitrogen and oxygen atoms in total. The molecule has 2 aliphatic heterocycles. The van der Waals surface area contributed by atoms with Gasteiger partial charge in [-0.05, 0) is 13.8 Å². The van der Waals surface area contributed by atoms with Crippen LogP contribution in [0.2, 0.25) is 0 Å². The average molecular weight is 293 g/mol. The molecule has 0 amide bonds. The van der Waals surface area contributed by atoms with Gasteiger partial charge in [0.1, 0.15) is 43.2 Å². The Labute approximate surface area is 116 Å². The van der Waals surface area contributed by atoms with Gasteiger partial charge in [-0.2, -0.15) is 0 Å². The maximum atomic E-state index is 9.87. The molecule has 9 atom stereocenters. The summed E-state index contributed by atoms with van der Waals surface area (Å²) in [6.45, 7) is 4.25. The smallest absolute Gasteiger partial charge is 0.187 e. The fraction of sp³-hybridized carbons (Fsp3) is 0.917. The highest BCUT2D eigenvalue weighted by Gasteiger charge is 2.46. The third-order valence-corrected chi connectivity index (χ3v) is 3.68. The van der Waals surface area contributed by atoms with Gasteiger partial charge in [0, 0.05) is 0 Å². The van der Waals surface area contributed by atoms with Gasteiger partial charge in [0.05, 0.1) is 12.2 Å². The third kappa shape index (κ3) is 2.97. The molecule has 0 unspecified atom stereocenters. The van der Waals surface area contributed by atoms with E-state index in [1.54, 1.807) is 6.92 Å². The summed E-state index contributed by atoms with van der Waals surface area (Å²) in [7, 11) is 0. The van der Waals surface area contributed by atoms with Crippen LogP contribution in [0.25, 0.3) is 0 Å². The van der Waals surface area contributed by atoms with E-state index in [0.717, 1.165) is 6.61 Å². The zero-order valence-electron chi connectivity index (χ0n) is 11.2. The lowest BCUT2D eigenvalue weighted by Crippen LogP contribution is -2.60. The molecule has 0 aromatic heterocycles. The van der Waals surface area contributed by atoms with Gasteiger partial charge in [0.15, 0.2) is 6.29 Å². The van der Waals surface area contributed by atoms with Crippen molar-refractivity contribution in [2.75, 3.05) is 0 Å². The molecular formula is C12H21O8. The summed E-state index contributed by atoms with van der Waals surface area (Å²) in [5, 5.41) is 48.5. The van der Waals surface area contributed by atoms with Crippen LogP contribution in [0, 0.1) is 6.61 Å². The summed E-state index contributed by atoms with van der Waals surface area (Å²) in [6.07, 6.45) is -10.1. The van der Waals surface area contributed by atoms with E-state index in [-0.39, 0.29) is 0 Å². The minimum atomic E-state index is -1.47. The van der Waals surface area contributed by atoms with Crippen LogP contribution in [0.3, 0.4) is 0 Å². The summed E-state index contributed by atoms with van der Waals surface area (Å²) in [6, 6.07) is 0. The highest BCUT2D eigenvalue weighted by Crippen LogP contribution is 2.27. The van der Waals surface area contributed by atoms with Crippen LogP contribution in [-0.4, -0.2) is 80.7 Å². The topological polar surface area (TPSA) is 129 Å². The van der Waals surface area contributed by atoms with Crippen LogP contribution < -0.4 is 0 Å². The molecule has 2 rings (SSSR count). The third-order valence-electron chi connectivity index (χ3n) is 3.68. The lowest BCUT2D eigenvalue weighted by molar-refractivity contribution is -0.325. The molecular weight excluding hydrogens is 272 g/mol. The molecule has 1 radical (unpaired) electrons. The molecule has 20 heavy (non-hydrogen) atoms. The van der Waals surface area contributed by atoms with Gasteiger partial charge in [0.2, 0.25) is 0 Å². The minimum absolute atomic E-state index is 0.566. The van der Waals surface area contributed by atoms with Gasteiger partial charge in [-0.1, -0.05) is 0 Å². The predicted octanol–water partition coefficient (Wildman–Crippen LogP) is -2.50. The molecule has 2 aliphatic rings. The van der Waals surface area contributed by atoms with E-state index in [0.29, 0.717) is 0 Å². The Bertz CT molecular complexity index is 327. The highest BCUT2D eigenvalue weighted by atomic mass is 16.7. The van der Waals surface area contributed by atoms with Gasteiger partial charge in [-0.25, -0.2) is 0 Å². The molecule has 0 spiro atoms. The molecule has 2 heterocycles. The fourth-order valence-electron chi connectivity index (χ4n) is 2.31. The van der Waals surface area contributed by atoms with Crippen molar-refractivity contribution in [3.8, 4) is 0 Å². The first kappa shape index (κ1) is 16.1. The largest absolute Gasteiger partial charge is 0.388 e. The van der Waals surface area contributed by atoms with E-state index < -0.39 is 55.1 Å². The van der Waals surface area contributed by atoms with Gasteiger partial charge in [-0.15, -0.1) is 0 Å². The maximum Gasteiger partial charge on any atom is 0.187 e. The normalized spacial score (nSPS) is 53.9. The molecule has 0 bridgehead atoms. The molecule has 0 saturated carbocycles. The Kier molecular flexibility index (Phi) is 4.98. The van der Waals surface area contributed by atoms with E-state index in [9.17, 15) is 25.5 Å². The second-order valence-electron chi connectivity index (χ2n) is 5.24. The van der Waals surface area contributed by atoms with E-state index in [1.807, 2.05) is 0 Å². The fourth-order valence-corrected chi connectivity index (χ4v) is 2.31. The molecule has 0 aliphatic carbocycles. The summed E-state index contributed by atoms with van der Waals surface area (Å²) >= 11 is 0. The highest BCUT2D eigenvalue weighted by molar-refractivity contribution is 4.93. The minimum Gasteiger partial charge on any atom is -0.388 e. The number of rotatable bonds is 2. The Balaban J connectivity index is 2.04. The van der Waals surface area contributed by atoms with Crippen molar-refractivity contribution in [2.24, 2.45) is 0 Å². The van der Waals surface area contributed by atoms with E-state index >= 15 is 0 Å². The number of hydrogen-bond donors (Lipinski definition) is 5. The van der Waals surface area contributed by atoms with Crippen LogP contribution >= 0.6 is 0 Å². The van der Waals surface area contributed by atoms with Crippen molar-refractivity contribution in [3.05, 3.63) is 6.61 Å². The van der Waals surface area contributed by atoms with Crippen molar-refractivity contribution in [3.63, 3.8) is 0 Å². The Morgan fingerprint density at radius 2 is 1.50 bits per heavy atom. The standard InChI is InChI=1S/C12H21O8/c1-4-7(14)9(16)10(17)12(19-4)20-11-5(2)18-3-6(13)8(11)15/h3-17H,1-2H3/t4-,5-,6-,7+,8-,9+,10-,11-,12-/m0/s1. The van der Waals surface area contributed by atoms with Crippen molar-refractivity contribution in [1.82, 2.24) is 0 Å². The Hall–Kier alpha value is -0.320. The second-order valence-corrected chi connectivity index (χ2v) is 5.24. The molecule has 0 aromatic rings. The maximum absolute atomic E-state index is 9.87. The number of ether oxygens (including phenoxy) is 3. The SMILES string of the molecule is C[C@@H]1O[C@@H](O[C@@H]2[C@@H](O)[C@@H](O)[CH]O[C@H]2C)[C@@H](O)[C@H](O)[C@@H]1O. The summed E-state index contributed by atoms with van der Waals surface area (Å²) in [5.74, 6) is 0. The van der Waals surface area contributed by atoms with Crippen LogP contribution in [0.5, 0.6) is 0 Å². The predicted molar refractivity (Wildman–Crippen MR) is 64.1 cm³/mol. The quantitative estimate of drug-likeness (QED) is 0.378. The van der Waals surface area contributed by atoms with Gasteiger partial charge in [0.25, 0.3) is 0 Å². The van der Waals surface area contributed by atoms with Crippen molar-refractivity contribution in [2.45, 2.75) is 69.0 Å². The first-order valence-electron chi connectivity index (χ1n) is 6.53. The first-order valence-corrected chi connectivity index (χ1v) is 6.53. The number of aliphatic hydroxyl groups is 5. The molecule has 117 valence electrons. The zero-order chi connectivity index (χ0) is 15.0.